The van der Waals surface area contributed by atoms with E-state index in [1.165, 1.54) is 19.3 Å². The van der Waals surface area contributed by atoms with Crippen LogP contribution in [0.3, 0.4) is 0 Å². The van der Waals surface area contributed by atoms with Crippen molar-refractivity contribution in [2.45, 2.75) is 38.1 Å². The fraction of sp³-hybridized carbons (Fsp3) is 0.818. The molecule has 0 bridgehead atoms. The van der Waals surface area contributed by atoms with Crippen molar-refractivity contribution in [3.63, 3.8) is 0 Å². The van der Waals surface area contributed by atoms with Crippen LogP contribution in [0.1, 0.15) is 43.4 Å². The zero-order valence-corrected chi connectivity index (χ0v) is 9.74. The number of hydrogen-bond donors (Lipinski definition) is 1. The molecular formula is C11H19N3O2. The van der Waals surface area contributed by atoms with Gasteiger partial charge >= 0.3 is 0 Å². The summed E-state index contributed by atoms with van der Waals surface area (Å²) in [5.41, 5.74) is 0. The van der Waals surface area contributed by atoms with Crippen LogP contribution in [0.4, 0.5) is 0 Å². The smallest absolute Gasteiger partial charge is 0.229 e. The van der Waals surface area contributed by atoms with E-state index in [1.54, 1.807) is 7.11 Å². The number of ether oxygens (including phenoxy) is 1. The second-order valence-corrected chi connectivity index (χ2v) is 4.15. The Kier molecular flexibility index (Phi) is 4.30. The Morgan fingerprint density at radius 3 is 3.25 bits per heavy atom. The second-order valence-electron chi connectivity index (χ2n) is 4.15. The third kappa shape index (κ3) is 3.02. The van der Waals surface area contributed by atoms with Gasteiger partial charge in [0.05, 0.1) is 19.1 Å². The summed E-state index contributed by atoms with van der Waals surface area (Å²) in [5, 5.41) is 7.48. The van der Waals surface area contributed by atoms with E-state index in [-0.39, 0.29) is 6.04 Å². The third-order valence-electron chi connectivity index (χ3n) is 2.88. The Hall–Kier alpha value is -0.940. The standard InChI is InChI=1S/C11H19N3O2/c1-15-8-6-10-13-11(14-16-10)9-5-3-2-4-7-12-9/h9,12H,2-8H2,1H3. The molecule has 0 radical (unpaired) electrons. The first-order chi connectivity index (χ1) is 7.90. The summed E-state index contributed by atoms with van der Waals surface area (Å²) in [4.78, 5) is 4.39. The molecule has 1 aliphatic rings. The predicted molar refractivity (Wildman–Crippen MR) is 59.1 cm³/mol. The van der Waals surface area contributed by atoms with Crippen LogP contribution in [0, 0.1) is 0 Å². The van der Waals surface area contributed by atoms with Gasteiger partial charge in [0.15, 0.2) is 5.82 Å². The second kappa shape index (κ2) is 5.96. The van der Waals surface area contributed by atoms with E-state index in [9.17, 15) is 0 Å². The van der Waals surface area contributed by atoms with Gasteiger partial charge in [-0.05, 0) is 19.4 Å². The van der Waals surface area contributed by atoms with Crippen LogP contribution in [0.15, 0.2) is 4.52 Å². The van der Waals surface area contributed by atoms with Crippen LogP contribution >= 0.6 is 0 Å². The van der Waals surface area contributed by atoms with Gasteiger partial charge in [-0.3, -0.25) is 0 Å². The molecule has 0 amide bonds. The van der Waals surface area contributed by atoms with Gasteiger partial charge in [-0.25, -0.2) is 0 Å². The zero-order valence-electron chi connectivity index (χ0n) is 9.74. The van der Waals surface area contributed by atoms with Crippen LogP contribution < -0.4 is 5.32 Å². The zero-order chi connectivity index (χ0) is 11.2. The van der Waals surface area contributed by atoms with E-state index in [1.807, 2.05) is 0 Å². The molecule has 1 fully saturated rings. The third-order valence-corrected chi connectivity index (χ3v) is 2.88. The van der Waals surface area contributed by atoms with Crippen molar-refractivity contribution in [3.8, 4) is 0 Å². The lowest BCUT2D eigenvalue weighted by atomic mass is 10.1. The van der Waals surface area contributed by atoms with E-state index in [0.717, 1.165) is 18.8 Å². The lowest BCUT2D eigenvalue weighted by Gasteiger charge is -2.09. The van der Waals surface area contributed by atoms with Crippen LogP contribution in [0.5, 0.6) is 0 Å². The van der Waals surface area contributed by atoms with Crippen LogP contribution in [-0.2, 0) is 11.2 Å². The minimum atomic E-state index is 0.266. The molecule has 5 heteroatoms. The van der Waals surface area contributed by atoms with Crippen molar-refractivity contribution in [2.75, 3.05) is 20.3 Å². The average molecular weight is 225 g/mol. The van der Waals surface area contributed by atoms with Gasteiger partial charge in [-0.15, -0.1) is 0 Å². The highest BCUT2D eigenvalue weighted by atomic mass is 16.5. The van der Waals surface area contributed by atoms with Gasteiger partial charge in [0, 0.05) is 7.11 Å². The molecule has 1 aliphatic heterocycles. The van der Waals surface area contributed by atoms with Gasteiger partial charge in [-0.2, -0.15) is 4.98 Å². The molecule has 0 aliphatic carbocycles. The van der Waals surface area contributed by atoms with E-state index >= 15 is 0 Å². The van der Waals surface area contributed by atoms with Gasteiger partial charge in [0.25, 0.3) is 0 Å². The largest absolute Gasteiger partial charge is 0.384 e. The highest BCUT2D eigenvalue weighted by Gasteiger charge is 2.19. The molecule has 1 atom stereocenters. The van der Waals surface area contributed by atoms with Gasteiger partial charge < -0.3 is 14.6 Å². The lowest BCUT2D eigenvalue weighted by Crippen LogP contribution is -2.21. The molecule has 90 valence electrons. The van der Waals surface area contributed by atoms with Gasteiger partial charge in [0.2, 0.25) is 5.89 Å². The van der Waals surface area contributed by atoms with Gasteiger partial charge in [-0.1, -0.05) is 18.0 Å². The molecule has 1 unspecified atom stereocenters. The van der Waals surface area contributed by atoms with E-state index < -0.39 is 0 Å². The molecule has 0 aromatic carbocycles. The van der Waals surface area contributed by atoms with Crippen LogP contribution in [0.25, 0.3) is 0 Å². The molecule has 16 heavy (non-hydrogen) atoms. The highest BCUT2D eigenvalue weighted by Crippen LogP contribution is 2.20. The molecule has 2 heterocycles. The Bertz CT molecular complexity index is 306. The molecule has 0 spiro atoms. The Labute approximate surface area is 95.6 Å². The summed E-state index contributed by atoms with van der Waals surface area (Å²) in [5.74, 6) is 1.47. The molecule has 1 aromatic heterocycles. The summed E-state index contributed by atoms with van der Waals surface area (Å²) < 4.78 is 10.2. The molecule has 5 nitrogen and oxygen atoms in total. The number of rotatable bonds is 4. The Morgan fingerprint density at radius 1 is 1.44 bits per heavy atom. The first-order valence-electron chi connectivity index (χ1n) is 5.95. The lowest BCUT2D eigenvalue weighted by molar-refractivity contribution is 0.192. The predicted octanol–water partition coefficient (Wildman–Crippen LogP) is 1.46. The minimum Gasteiger partial charge on any atom is -0.384 e. The summed E-state index contributed by atoms with van der Waals surface area (Å²) in [6.45, 7) is 1.67. The average Bonchev–Trinajstić information content (AvgIpc) is 2.60. The SMILES string of the molecule is COCCc1nc(C2CCCCCN2)no1. The number of nitrogens with one attached hydrogen (secondary N) is 1. The molecule has 1 aromatic rings. The van der Waals surface area contributed by atoms with Crippen molar-refractivity contribution in [2.24, 2.45) is 0 Å². The minimum absolute atomic E-state index is 0.266. The number of methoxy groups -OCH3 is 1. The number of nitrogens with zero attached hydrogens (tertiary/aromatic N) is 2. The first kappa shape index (κ1) is 11.5. The van der Waals surface area contributed by atoms with Crippen LogP contribution in [-0.4, -0.2) is 30.4 Å². The maximum atomic E-state index is 5.18. The topological polar surface area (TPSA) is 60.2 Å². The van der Waals surface area contributed by atoms with Crippen molar-refractivity contribution >= 4 is 0 Å². The molecule has 1 N–H and O–H groups in total. The van der Waals surface area contributed by atoms with Crippen LogP contribution in [0.2, 0.25) is 0 Å². The summed E-state index contributed by atoms with van der Waals surface area (Å²) in [7, 11) is 1.67. The fourth-order valence-corrected chi connectivity index (χ4v) is 1.95. The Morgan fingerprint density at radius 2 is 2.38 bits per heavy atom. The fourth-order valence-electron chi connectivity index (χ4n) is 1.95. The van der Waals surface area contributed by atoms with Crippen molar-refractivity contribution in [1.29, 1.82) is 0 Å². The molecular weight excluding hydrogens is 206 g/mol. The monoisotopic (exact) mass is 225 g/mol. The van der Waals surface area contributed by atoms with Crippen molar-refractivity contribution in [1.82, 2.24) is 15.5 Å². The van der Waals surface area contributed by atoms with E-state index in [0.29, 0.717) is 18.9 Å². The quantitative estimate of drug-likeness (QED) is 0.840. The highest BCUT2D eigenvalue weighted by molar-refractivity contribution is 4.95. The number of aromatic nitrogens is 2. The first-order valence-corrected chi connectivity index (χ1v) is 5.95. The summed E-state index contributed by atoms with van der Waals surface area (Å²) in [6.07, 6.45) is 5.56. The maximum Gasteiger partial charge on any atom is 0.229 e. The molecule has 1 saturated heterocycles. The normalized spacial score (nSPS) is 21.9. The summed E-state index contributed by atoms with van der Waals surface area (Å²) >= 11 is 0. The molecule has 0 saturated carbocycles. The van der Waals surface area contributed by atoms with E-state index in [2.05, 4.69) is 15.5 Å². The Balaban J connectivity index is 1.94. The van der Waals surface area contributed by atoms with Crippen molar-refractivity contribution in [3.05, 3.63) is 11.7 Å². The molecule has 2 rings (SSSR count). The van der Waals surface area contributed by atoms with Gasteiger partial charge in [0.1, 0.15) is 0 Å². The maximum absolute atomic E-state index is 5.18. The van der Waals surface area contributed by atoms with Crippen molar-refractivity contribution < 1.29 is 9.26 Å². The number of hydrogen-bond acceptors (Lipinski definition) is 5. The summed E-state index contributed by atoms with van der Waals surface area (Å²) in [6, 6.07) is 0.266. The van der Waals surface area contributed by atoms with E-state index in [4.69, 9.17) is 9.26 Å².